The van der Waals surface area contributed by atoms with E-state index < -0.39 is 14.1 Å². The van der Waals surface area contributed by atoms with Gasteiger partial charge in [0.1, 0.15) is 18.0 Å². The number of ether oxygens (including phenoxy) is 5. The summed E-state index contributed by atoms with van der Waals surface area (Å²) in [7, 11) is 2.88. The van der Waals surface area contributed by atoms with Crippen molar-refractivity contribution >= 4 is 14.3 Å². The SMILES string of the molecule is COc1ccc(CNc2nc(OC)c([C@@H]3N[C@H](CO[Si](C)(C)C(C)(C)C)[C@H]4OC(C)(C)O[C@H]43)c(OC)n2)cc1. The molecule has 0 aliphatic carbocycles. The van der Waals surface area contributed by atoms with Crippen molar-refractivity contribution in [2.75, 3.05) is 33.3 Å². The van der Waals surface area contributed by atoms with E-state index in [2.05, 4.69) is 54.5 Å². The maximum absolute atomic E-state index is 6.59. The zero-order valence-corrected chi connectivity index (χ0v) is 25.9. The number of hydrogen-bond donors (Lipinski definition) is 2. The fourth-order valence-electron chi connectivity index (χ4n) is 4.72. The number of nitrogens with one attached hydrogen (secondary N) is 2. The van der Waals surface area contributed by atoms with Crippen LogP contribution in [0, 0.1) is 0 Å². The molecule has 4 atom stereocenters. The van der Waals surface area contributed by atoms with E-state index in [1.54, 1.807) is 21.3 Å². The van der Waals surface area contributed by atoms with Crippen LogP contribution in [0.5, 0.6) is 17.5 Å². The standard InChI is InChI=1S/C28H44N4O6Si/c1-27(2,3)39(9,10)36-16-19-22-23(38-28(4,5)37-22)21(30-19)20-24(34-7)31-26(32-25(20)35-8)29-15-17-11-13-18(33-6)14-12-17/h11-14,19,21-23,30H,15-16H2,1-10H3,(H,29,31,32)/t19-,21+,22-,23+/m1/s1. The third-order valence-electron chi connectivity index (χ3n) is 7.90. The maximum Gasteiger partial charge on any atom is 0.229 e. The fraction of sp³-hybridized carbons (Fsp3) is 0.643. The molecule has 0 unspecified atom stereocenters. The molecule has 0 bridgehead atoms. The van der Waals surface area contributed by atoms with E-state index in [1.165, 1.54) is 0 Å². The molecule has 2 fully saturated rings. The van der Waals surface area contributed by atoms with Gasteiger partial charge in [0.05, 0.1) is 45.6 Å². The highest BCUT2D eigenvalue weighted by Gasteiger charge is 2.56. The Bertz CT molecular complexity index is 1110. The number of fused-ring (bicyclic) bond motifs is 1. The number of hydrogen-bond acceptors (Lipinski definition) is 10. The average molecular weight is 561 g/mol. The molecule has 2 saturated heterocycles. The lowest BCUT2D eigenvalue weighted by Gasteiger charge is -2.37. The van der Waals surface area contributed by atoms with Crippen molar-refractivity contribution in [3.63, 3.8) is 0 Å². The summed E-state index contributed by atoms with van der Waals surface area (Å²) in [6.45, 7) is 16.1. The Kier molecular flexibility index (Phi) is 8.49. The summed E-state index contributed by atoms with van der Waals surface area (Å²) < 4.78 is 36.1. The van der Waals surface area contributed by atoms with Crippen LogP contribution < -0.4 is 24.8 Å². The summed E-state index contributed by atoms with van der Waals surface area (Å²) in [6.07, 6.45) is -0.505. The first-order valence-electron chi connectivity index (χ1n) is 13.4. The van der Waals surface area contributed by atoms with E-state index in [0.717, 1.165) is 11.3 Å². The van der Waals surface area contributed by atoms with Gasteiger partial charge in [-0.15, -0.1) is 0 Å². The van der Waals surface area contributed by atoms with E-state index in [-0.39, 0.29) is 29.3 Å². The minimum Gasteiger partial charge on any atom is -0.497 e. The lowest BCUT2D eigenvalue weighted by atomic mass is 10.0. The van der Waals surface area contributed by atoms with Gasteiger partial charge in [0.15, 0.2) is 14.1 Å². The van der Waals surface area contributed by atoms with Crippen LogP contribution >= 0.6 is 0 Å². The maximum atomic E-state index is 6.59. The molecule has 216 valence electrons. The third kappa shape index (κ3) is 6.33. The molecule has 1 aromatic carbocycles. The normalized spacial score (nSPS) is 24.4. The fourth-order valence-corrected chi connectivity index (χ4v) is 5.75. The Morgan fingerprint density at radius 2 is 1.54 bits per heavy atom. The molecule has 2 aliphatic heterocycles. The van der Waals surface area contributed by atoms with Crippen LogP contribution in [0.1, 0.15) is 51.8 Å². The summed E-state index contributed by atoms with van der Waals surface area (Å²) in [6, 6.07) is 7.41. The summed E-state index contributed by atoms with van der Waals surface area (Å²) in [5.74, 6) is 1.30. The molecule has 11 heteroatoms. The molecule has 2 aliphatic rings. The van der Waals surface area contributed by atoms with E-state index >= 15 is 0 Å². The molecular formula is C28H44N4O6Si. The average Bonchev–Trinajstić information content (AvgIpc) is 3.37. The van der Waals surface area contributed by atoms with Crippen molar-refractivity contribution in [1.82, 2.24) is 15.3 Å². The van der Waals surface area contributed by atoms with E-state index in [9.17, 15) is 0 Å². The summed E-state index contributed by atoms with van der Waals surface area (Å²) in [4.78, 5) is 9.35. The molecule has 2 N–H and O–H groups in total. The Labute approximate surface area is 233 Å². The van der Waals surface area contributed by atoms with Crippen LogP contribution in [0.15, 0.2) is 24.3 Å². The van der Waals surface area contributed by atoms with E-state index in [1.807, 2.05) is 38.1 Å². The van der Waals surface area contributed by atoms with Gasteiger partial charge in [-0.05, 0) is 49.7 Å². The zero-order chi connectivity index (χ0) is 28.6. The van der Waals surface area contributed by atoms with Gasteiger partial charge in [0, 0.05) is 6.54 Å². The number of nitrogens with zero attached hydrogens (tertiary/aromatic N) is 2. The molecule has 0 spiro atoms. The monoisotopic (exact) mass is 560 g/mol. The van der Waals surface area contributed by atoms with Gasteiger partial charge in [-0.2, -0.15) is 9.97 Å². The van der Waals surface area contributed by atoms with Gasteiger partial charge < -0.3 is 33.4 Å². The summed E-state index contributed by atoms with van der Waals surface area (Å²) in [5, 5.41) is 7.06. The second kappa shape index (κ2) is 11.2. The van der Waals surface area contributed by atoms with Gasteiger partial charge in [-0.25, -0.2) is 0 Å². The van der Waals surface area contributed by atoms with E-state index in [0.29, 0.717) is 36.4 Å². The number of rotatable bonds is 10. The van der Waals surface area contributed by atoms with Crippen LogP contribution in [-0.4, -0.2) is 70.3 Å². The zero-order valence-electron chi connectivity index (χ0n) is 24.9. The van der Waals surface area contributed by atoms with Gasteiger partial charge in [-0.3, -0.25) is 5.32 Å². The first kappa shape index (κ1) is 29.5. The molecule has 4 rings (SSSR count). The number of methoxy groups -OCH3 is 3. The van der Waals surface area contributed by atoms with Crippen molar-refractivity contribution < 1.29 is 28.1 Å². The highest BCUT2D eigenvalue weighted by molar-refractivity contribution is 6.74. The van der Waals surface area contributed by atoms with Gasteiger partial charge in [0.25, 0.3) is 0 Å². The van der Waals surface area contributed by atoms with Crippen LogP contribution in [0.2, 0.25) is 18.1 Å². The second-order valence-corrected chi connectivity index (χ2v) is 16.9. The quantitative estimate of drug-likeness (QED) is 0.398. The van der Waals surface area contributed by atoms with Gasteiger partial charge >= 0.3 is 0 Å². The predicted molar refractivity (Wildman–Crippen MR) is 152 cm³/mol. The molecule has 1 aromatic heterocycles. The largest absolute Gasteiger partial charge is 0.497 e. The lowest BCUT2D eigenvalue weighted by Crippen LogP contribution is -2.47. The van der Waals surface area contributed by atoms with Gasteiger partial charge in [0.2, 0.25) is 17.7 Å². The molecule has 2 aromatic rings. The minimum atomic E-state index is -1.96. The van der Waals surface area contributed by atoms with Crippen molar-refractivity contribution in [3.05, 3.63) is 35.4 Å². The summed E-state index contributed by atoms with van der Waals surface area (Å²) >= 11 is 0. The van der Waals surface area contributed by atoms with Crippen LogP contribution in [0.25, 0.3) is 0 Å². The minimum absolute atomic E-state index is 0.0850. The molecule has 3 heterocycles. The molecule has 0 saturated carbocycles. The lowest BCUT2D eigenvalue weighted by molar-refractivity contribution is -0.157. The first-order valence-corrected chi connectivity index (χ1v) is 16.3. The van der Waals surface area contributed by atoms with Crippen LogP contribution in [0.3, 0.4) is 0 Å². The molecule has 39 heavy (non-hydrogen) atoms. The summed E-state index contributed by atoms with van der Waals surface area (Å²) in [5.41, 5.74) is 1.76. The Morgan fingerprint density at radius 1 is 0.949 bits per heavy atom. The van der Waals surface area contributed by atoms with E-state index in [4.69, 9.17) is 28.1 Å². The van der Waals surface area contributed by atoms with Crippen LogP contribution in [-0.2, 0) is 20.4 Å². The molecule has 0 amide bonds. The van der Waals surface area contributed by atoms with Crippen molar-refractivity contribution in [2.45, 2.75) is 89.4 Å². The number of anilines is 1. The van der Waals surface area contributed by atoms with Gasteiger partial charge in [-0.1, -0.05) is 32.9 Å². The number of aromatic nitrogens is 2. The molecular weight excluding hydrogens is 516 g/mol. The first-order chi connectivity index (χ1) is 18.3. The van der Waals surface area contributed by atoms with Crippen molar-refractivity contribution in [2.24, 2.45) is 0 Å². The second-order valence-electron chi connectivity index (χ2n) is 12.1. The number of benzene rings is 1. The molecule has 0 radical (unpaired) electrons. The van der Waals surface area contributed by atoms with Crippen molar-refractivity contribution in [3.8, 4) is 17.5 Å². The smallest absolute Gasteiger partial charge is 0.229 e. The highest BCUT2D eigenvalue weighted by atomic mass is 28.4. The van der Waals surface area contributed by atoms with Crippen molar-refractivity contribution in [1.29, 1.82) is 0 Å². The Morgan fingerprint density at radius 3 is 2.08 bits per heavy atom. The Balaban J connectivity index is 1.59. The third-order valence-corrected chi connectivity index (χ3v) is 12.4. The predicted octanol–water partition coefficient (Wildman–Crippen LogP) is 4.67. The highest BCUT2D eigenvalue weighted by Crippen LogP contribution is 2.46. The topological polar surface area (TPSA) is 105 Å². The van der Waals surface area contributed by atoms with Crippen LogP contribution in [0.4, 0.5) is 5.95 Å². The Hall–Kier alpha value is -2.44. The molecule has 10 nitrogen and oxygen atoms in total.